The summed E-state index contributed by atoms with van der Waals surface area (Å²) in [6.45, 7) is 0. The van der Waals surface area contributed by atoms with Crippen molar-refractivity contribution in [2.75, 3.05) is 0 Å². The minimum atomic E-state index is -4.65. The van der Waals surface area contributed by atoms with Crippen molar-refractivity contribution < 1.29 is 18.0 Å². The minimum absolute atomic E-state index is 0.590. The van der Waals surface area contributed by atoms with E-state index in [9.17, 15) is 18.0 Å². The summed E-state index contributed by atoms with van der Waals surface area (Å²) in [6.07, 6.45) is -2.89. The lowest BCUT2D eigenvalue weighted by molar-refractivity contribution is -0.161. The maximum absolute atomic E-state index is 11.8. The maximum Gasteiger partial charge on any atom is 0.418 e. The van der Waals surface area contributed by atoms with Crippen LogP contribution in [0.2, 0.25) is 0 Å². The zero-order valence-electron chi connectivity index (χ0n) is 4.94. The molecule has 0 saturated carbocycles. The monoisotopic (exact) mass is 183 g/mol. The molecule has 0 aromatic rings. The van der Waals surface area contributed by atoms with Crippen LogP contribution >= 0.6 is 11.6 Å². The number of halogens is 4. The van der Waals surface area contributed by atoms with Gasteiger partial charge in [0.1, 0.15) is 11.2 Å². The van der Waals surface area contributed by atoms with Gasteiger partial charge in [-0.1, -0.05) is 11.6 Å². The van der Waals surface area contributed by atoms with Gasteiger partial charge in [-0.3, -0.25) is 10.1 Å². The highest BCUT2D eigenvalue weighted by Gasteiger charge is 2.49. The van der Waals surface area contributed by atoms with Gasteiger partial charge >= 0.3 is 6.18 Å². The van der Waals surface area contributed by atoms with E-state index in [1.807, 2.05) is 0 Å². The Bertz CT molecular complexity index is 222. The van der Waals surface area contributed by atoms with Gasteiger partial charge in [0, 0.05) is 0 Å². The molecule has 0 aromatic heterocycles. The second-order valence-electron chi connectivity index (χ2n) is 1.86. The third-order valence-electron chi connectivity index (χ3n) is 1.07. The Morgan fingerprint density at radius 2 is 2.09 bits per heavy atom. The Morgan fingerprint density at radius 3 is 2.27 bits per heavy atom. The maximum atomic E-state index is 11.8. The number of ketones is 1. The number of alkyl halides is 3. The van der Waals surface area contributed by atoms with E-state index in [4.69, 9.17) is 11.6 Å². The van der Waals surface area contributed by atoms with Crippen molar-refractivity contribution in [3.05, 3.63) is 11.2 Å². The van der Waals surface area contributed by atoms with Crippen molar-refractivity contribution in [3.8, 4) is 0 Å². The van der Waals surface area contributed by atoms with Gasteiger partial charge in [0.2, 0.25) is 11.8 Å². The smallest absolute Gasteiger partial charge is 0.290 e. The Hall–Kier alpha value is -0.710. The highest BCUT2D eigenvalue weighted by Crippen LogP contribution is 2.27. The van der Waals surface area contributed by atoms with Crippen molar-refractivity contribution in [3.63, 3.8) is 0 Å². The first-order chi connectivity index (χ1) is 4.93. The molecule has 6 heteroatoms. The molecule has 1 unspecified atom stereocenters. The van der Waals surface area contributed by atoms with Gasteiger partial charge in [0.05, 0.1) is 0 Å². The number of hydrogen-bond acceptors (Lipinski definition) is 1. The summed E-state index contributed by atoms with van der Waals surface area (Å²) in [5.74, 6) is -1.24. The summed E-state index contributed by atoms with van der Waals surface area (Å²) < 4.78 is 35.3. The second-order valence-corrected chi connectivity index (χ2v) is 2.24. The first-order valence-corrected chi connectivity index (χ1v) is 2.90. The fraction of sp³-hybridized carbons (Fsp3) is 0.400. The second kappa shape index (κ2) is 2.41. The molecule has 0 amide bonds. The molecule has 0 saturated heterocycles. The number of nitrogens with zero attached hydrogens (tertiary/aromatic N) is 1. The summed E-state index contributed by atoms with van der Waals surface area (Å²) in [5, 5.41) is 2.19. The molecule has 1 aliphatic heterocycles. The van der Waals surface area contributed by atoms with Gasteiger partial charge in [0.15, 0.2) is 0 Å². The average molecular weight is 184 g/mol. The number of carbonyl (C=O) groups excluding carboxylic acids is 1. The van der Waals surface area contributed by atoms with E-state index < -0.39 is 23.0 Å². The van der Waals surface area contributed by atoms with Gasteiger partial charge in [-0.15, -0.1) is 0 Å². The molecule has 0 aliphatic carbocycles. The molecule has 1 aliphatic rings. The fourth-order valence-electron chi connectivity index (χ4n) is 0.577. The van der Waals surface area contributed by atoms with Crippen LogP contribution in [0.3, 0.4) is 0 Å². The molecule has 1 atom stereocenters. The summed E-state index contributed by atoms with van der Waals surface area (Å²) >= 11 is 5.03. The van der Waals surface area contributed by atoms with Crippen LogP contribution in [-0.2, 0) is 4.79 Å². The van der Waals surface area contributed by atoms with Crippen LogP contribution in [-0.4, -0.2) is 18.0 Å². The fourth-order valence-corrected chi connectivity index (χ4v) is 0.729. The molecule has 1 heterocycles. The Balaban J connectivity index is 2.76. The van der Waals surface area contributed by atoms with Gasteiger partial charge in [-0.25, -0.2) is 0 Å². The number of hydrogen-bond donors (Lipinski definition) is 0. The third kappa shape index (κ3) is 1.48. The molecule has 0 fully saturated rings. The zero-order valence-corrected chi connectivity index (χ0v) is 5.70. The van der Waals surface area contributed by atoms with Crippen LogP contribution in [0.1, 0.15) is 0 Å². The van der Waals surface area contributed by atoms with Crippen LogP contribution < -0.4 is 5.32 Å². The summed E-state index contributed by atoms with van der Waals surface area (Å²) in [6, 6.07) is -2.34. The molecule has 11 heavy (non-hydrogen) atoms. The molecule has 1 rings (SSSR count). The van der Waals surface area contributed by atoms with Crippen LogP contribution in [0.4, 0.5) is 13.2 Å². The third-order valence-corrected chi connectivity index (χ3v) is 1.34. The Labute approximate surface area is 65.0 Å². The molecule has 0 bridgehead atoms. The Morgan fingerprint density at radius 1 is 1.55 bits per heavy atom. The molecule has 0 N–H and O–H groups in total. The summed E-state index contributed by atoms with van der Waals surface area (Å²) in [4.78, 5) is 10.5. The SMILES string of the molecule is O=C1C(Cl)=[C][N]C1C(F)(F)F. The predicted molar refractivity (Wildman–Crippen MR) is 29.6 cm³/mol. The van der Waals surface area contributed by atoms with Gasteiger partial charge in [0.25, 0.3) is 0 Å². The average Bonchev–Trinajstić information content (AvgIpc) is 2.11. The van der Waals surface area contributed by atoms with Crippen molar-refractivity contribution >= 4 is 17.4 Å². The van der Waals surface area contributed by atoms with Gasteiger partial charge in [-0.05, 0) is 0 Å². The topological polar surface area (TPSA) is 31.2 Å². The Kier molecular flexibility index (Phi) is 1.83. The van der Waals surface area contributed by atoms with Crippen molar-refractivity contribution in [2.24, 2.45) is 0 Å². The standard InChI is InChI=1S/C5HClF3NO/c6-2-1-10-4(3(2)11)5(7,8)9/h4H. The van der Waals surface area contributed by atoms with E-state index in [0.29, 0.717) is 0 Å². The highest BCUT2D eigenvalue weighted by atomic mass is 35.5. The van der Waals surface area contributed by atoms with Crippen LogP contribution in [0.5, 0.6) is 0 Å². The number of carbonyl (C=O) groups is 1. The van der Waals surface area contributed by atoms with E-state index in [1.54, 1.807) is 6.20 Å². The van der Waals surface area contributed by atoms with Crippen LogP contribution in [0, 0.1) is 6.20 Å². The first kappa shape index (κ1) is 8.39. The molecular formula is C5HClF3NO. The predicted octanol–water partition coefficient (Wildman–Crippen LogP) is 0.988. The van der Waals surface area contributed by atoms with Crippen LogP contribution in [0.25, 0.3) is 0 Å². The molecule has 60 valence electrons. The van der Waals surface area contributed by atoms with E-state index in [-0.39, 0.29) is 0 Å². The number of rotatable bonds is 0. The van der Waals surface area contributed by atoms with Crippen molar-refractivity contribution in [1.29, 1.82) is 0 Å². The lowest BCUT2D eigenvalue weighted by atomic mass is 10.2. The van der Waals surface area contributed by atoms with E-state index in [0.717, 1.165) is 0 Å². The largest absolute Gasteiger partial charge is 0.418 e. The first-order valence-electron chi connectivity index (χ1n) is 2.52. The minimum Gasteiger partial charge on any atom is -0.290 e. The number of Topliss-reactive ketones (excluding diaryl/α,β-unsaturated/α-hetero) is 1. The molecule has 0 spiro atoms. The normalized spacial score (nSPS) is 24.9. The van der Waals surface area contributed by atoms with Crippen molar-refractivity contribution in [1.82, 2.24) is 5.32 Å². The molecule has 0 aromatic carbocycles. The molecule has 2 nitrogen and oxygen atoms in total. The van der Waals surface area contributed by atoms with Gasteiger partial charge in [-0.2, -0.15) is 13.2 Å². The summed E-state index contributed by atoms with van der Waals surface area (Å²) in [7, 11) is 0. The molecular weight excluding hydrogens is 183 g/mol. The lowest BCUT2D eigenvalue weighted by Gasteiger charge is -2.10. The van der Waals surface area contributed by atoms with E-state index in [2.05, 4.69) is 5.32 Å². The highest BCUT2D eigenvalue weighted by molar-refractivity contribution is 6.43. The van der Waals surface area contributed by atoms with Gasteiger partial charge < -0.3 is 0 Å². The van der Waals surface area contributed by atoms with E-state index >= 15 is 0 Å². The summed E-state index contributed by atoms with van der Waals surface area (Å²) in [5.41, 5.74) is 0. The molecule has 2 radical (unpaired) electrons. The zero-order chi connectivity index (χ0) is 8.65. The van der Waals surface area contributed by atoms with Crippen LogP contribution in [0.15, 0.2) is 5.03 Å². The van der Waals surface area contributed by atoms with Crippen molar-refractivity contribution in [2.45, 2.75) is 12.2 Å². The van der Waals surface area contributed by atoms with E-state index in [1.165, 1.54) is 0 Å². The quantitative estimate of drug-likeness (QED) is 0.551. The lowest BCUT2D eigenvalue weighted by Crippen LogP contribution is -2.38.